The van der Waals surface area contributed by atoms with Gasteiger partial charge in [0.25, 0.3) is 11.6 Å². The smallest absolute Gasteiger partial charge is 0.284 e. The van der Waals surface area contributed by atoms with Crippen molar-refractivity contribution in [1.29, 1.82) is 0 Å². The molecule has 3 rings (SSSR count). The Balaban J connectivity index is 1.68. The lowest BCUT2D eigenvalue weighted by atomic mass is 10.1. The van der Waals surface area contributed by atoms with Gasteiger partial charge < -0.3 is 14.6 Å². The molecule has 0 spiro atoms. The summed E-state index contributed by atoms with van der Waals surface area (Å²) in [7, 11) is 0. The largest absolute Gasteiger partial charge is 0.507 e. The number of nitro benzene ring substituents is 1. The van der Waals surface area contributed by atoms with E-state index in [2.05, 4.69) is 10.5 Å². The van der Waals surface area contributed by atoms with Gasteiger partial charge in [-0.25, -0.2) is 5.43 Å². The summed E-state index contributed by atoms with van der Waals surface area (Å²) in [5.74, 6) is 0.309. The van der Waals surface area contributed by atoms with Crippen LogP contribution in [0, 0.1) is 17.0 Å². The molecule has 0 fully saturated rings. The number of phenolic OH excluding ortho intramolecular Hbond substituents is 1. The number of aromatic hydroxyl groups is 1. The van der Waals surface area contributed by atoms with Crippen LogP contribution in [0.3, 0.4) is 0 Å². The number of fused-ring (bicyclic) bond motifs is 1. The number of rotatable bonds is 4. The number of benzene rings is 2. The van der Waals surface area contributed by atoms with Gasteiger partial charge in [-0.2, -0.15) is 5.10 Å². The van der Waals surface area contributed by atoms with Crippen molar-refractivity contribution in [2.24, 2.45) is 5.10 Å². The number of hydrogen-bond donors (Lipinski definition) is 2. The van der Waals surface area contributed by atoms with Crippen molar-refractivity contribution >= 4 is 17.8 Å². The average molecular weight is 357 g/mol. The maximum absolute atomic E-state index is 12.1. The van der Waals surface area contributed by atoms with E-state index in [0.717, 1.165) is 12.3 Å². The number of hydrazone groups is 1. The number of para-hydroxylation sites is 2. The Kier molecular flexibility index (Phi) is 4.70. The van der Waals surface area contributed by atoms with Gasteiger partial charge >= 0.3 is 0 Å². The van der Waals surface area contributed by atoms with Crippen LogP contribution in [0.15, 0.2) is 41.5 Å². The summed E-state index contributed by atoms with van der Waals surface area (Å²) in [5.41, 5.74) is 2.53. The fraction of sp³-hybridized carbons (Fsp3) is 0.176. The van der Waals surface area contributed by atoms with Gasteiger partial charge in [-0.1, -0.05) is 12.1 Å². The minimum absolute atomic E-state index is 0.0273. The molecule has 134 valence electrons. The Morgan fingerprint density at radius 2 is 2.12 bits per heavy atom. The average Bonchev–Trinajstić information content (AvgIpc) is 2.64. The molecular weight excluding hydrogens is 342 g/mol. The molecule has 2 aromatic carbocycles. The van der Waals surface area contributed by atoms with E-state index >= 15 is 0 Å². The second-order valence-corrected chi connectivity index (χ2v) is 5.56. The highest BCUT2D eigenvalue weighted by molar-refractivity contribution is 5.87. The fourth-order valence-corrected chi connectivity index (χ4v) is 2.38. The molecule has 0 unspecified atom stereocenters. The van der Waals surface area contributed by atoms with Crippen molar-refractivity contribution in [1.82, 2.24) is 5.43 Å². The Bertz CT molecular complexity index is 896. The van der Waals surface area contributed by atoms with Crippen LogP contribution in [-0.2, 0) is 4.79 Å². The summed E-state index contributed by atoms with van der Waals surface area (Å²) in [6.07, 6.45) is 0.243. The van der Waals surface area contributed by atoms with Crippen molar-refractivity contribution in [3.63, 3.8) is 0 Å². The summed E-state index contributed by atoms with van der Waals surface area (Å²) in [5, 5.41) is 24.6. The van der Waals surface area contributed by atoms with E-state index in [1.165, 1.54) is 13.0 Å². The second kappa shape index (κ2) is 7.09. The number of aryl methyl sites for hydroxylation is 1. The van der Waals surface area contributed by atoms with Crippen molar-refractivity contribution in [3.05, 3.63) is 57.6 Å². The molecule has 0 bridgehead atoms. The zero-order valence-corrected chi connectivity index (χ0v) is 13.7. The highest BCUT2D eigenvalue weighted by atomic mass is 16.6. The Hall–Kier alpha value is -3.62. The molecule has 0 radical (unpaired) electrons. The van der Waals surface area contributed by atoms with E-state index in [1.807, 2.05) is 0 Å². The molecule has 1 aliphatic rings. The van der Waals surface area contributed by atoms with Crippen LogP contribution in [0.4, 0.5) is 5.69 Å². The highest BCUT2D eigenvalue weighted by Crippen LogP contribution is 2.31. The van der Waals surface area contributed by atoms with Gasteiger partial charge in [-0.3, -0.25) is 14.9 Å². The Morgan fingerprint density at radius 1 is 1.38 bits per heavy atom. The number of ether oxygens (including phenoxy) is 2. The zero-order chi connectivity index (χ0) is 18.7. The third-order valence-corrected chi connectivity index (χ3v) is 3.70. The first-order valence-electron chi connectivity index (χ1n) is 7.65. The van der Waals surface area contributed by atoms with Gasteiger partial charge in [0, 0.05) is 17.7 Å². The summed E-state index contributed by atoms with van der Waals surface area (Å²) in [6.45, 7) is 1.56. The molecule has 1 aliphatic heterocycles. The maximum atomic E-state index is 12.1. The first kappa shape index (κ1) is 17.2. The minimum atomic E-state index is -0.887. The standard InChI is InChI=1S/C17H15N3O6/c1-10-6-12(20(23)24)7-11(16(10)21)8-18-19-17(22)15-9-25-13-4-2-3-5-14(13)26-15/h2-8,15,21H,9H2,1H3,(H,19,22)/b18-8+/t15-/m1/s1. The predicted octanol–water partition coefficient (Wildman–Crippen LogP) is 1.90. The Labute approximate surface area is 148 Å². The van der Waals surface area contributed by atoms with Crippen molar-refractivity contribution < 1.29 is 24.3 Å². The zero-order valence-electron chi connectivity index (χ0n) is 13.7. The minimum Gasteiger partial charge on any atom is -0.507 e. The number of nitrogens with one attached hydrogen (secondary N) is 1. The second-order valence-electron chi connectivity index (χ2n) is 5.56. The number of carbonyl (C=O) groups is 1. The molecule has 0 aromatic heterocycles. The van der Waals surface area contributed by atoms with Gasteiger partial charge in [0.1, 0.15) is 12.4 Å². The topological polar surface area (TPSA) is 123 Å². The molecule has 2 aromatic rings. The molecule has 1 atom stereocenters. The van der Waals surface area contributed by atoms with Crippen molar-refractivity contribution in [2.45, 2.75) is 13.0 Å². The number of phenols is 1. The highest BCUT2D eigenvalue weighted by Gasteiger charge is 2.27. The predicted molar refractivity (Wildman–Crippen MR) is 91.6 cm³/mol. The van der Waals surface area contributed by atoms with E-state index < -0.39 is 16.9 Å². The number of nitrogens with zero attached hydrogens (tertiary/aromatic N) is 2. The molecule has 2 N–H and O–H groups in total. The van der Waals surface area contributed by atoms with Crippen LogP contribution in [-0.4, -0.2) is 34.9 Å². The maximum Gasteiger partial charge on any atom is 0.284 e. The van der Waals surface area contributed by atoms with E-state index in [1.54, 1.807) is 24.3 Å². The molecule has 9 heteroatoms. The number of carbonyl (C=O) groups excluding carboxylic acids is 1. The number of nitro groups is 1. The van der Waals surface area contributed by atoms with E-state index in [9.17, 15) is 20.0 Å². The molecular formula is C17H15N3O6. The summed E-state index contributed by atoms with van der Waals surface area (Å²) in [6, 6.07) is 9.37. The number of non-ortho nitro benzene ring substituents is 1. The Morgan fingerprint density at radius 3 is 2.85 bits per heavy atom. The molecule has 1 heterocycles. The molecule has 0 saturated carbocycles. The number of amides is 1. The number of hydrogen-bond acceptors (Lipinski definition) is 7. The molecule has 9 nitrogen and oxygen atoms in total. The van der Waals surface area contributed by atoms with E-state index in [-0.39, 0.29) is 23.6 Å². The third kappa shape index (κ3) is 3.56. The van der Waals surface area contributed by atoms with Gasteiger partial charge in [0.15, 0.2) is 11.5 Å². The summed E-state index contributed by atoms with van der Waals surface area (Å²) in [4.78, 5) is 22.4. The lowest BCUT2D eigenvalue weighted by Crippen LogP contribution is -2.42. The van der Waals surface area contributed by atoms with Crippen LogP contribution < -0.4 is 14.9 Å². The van der Waals surface area contributed by atoms with Crippen LogP contribution in [0.5, 0.6) is 17.2 Å². The molecule has 26 heavy (non-hydrogen) atoms. The summed E-state index contributed by atoms with van der Waals surface area (Å²) >= 11 is 0. The third-order valence-electron chi connectivity index (χ3n) is 3.70. The lowest BCUT2D eigenvalue weighted by molar-refractivity contribution is -0.384. The fourth-order valence-electron chi connectivity index (χ4n) is 2.38. The molecule has 0 aliphatic carbocycles. The van der Waals surface area contributed by atoms with Gasteiger partial charge in [0.2, 0.25) is 6.10 Å². The van der Waals surface area contributed by atoms with Crippen LogP contribution >= 0.6 is 0 Å². The normalized spacial score (nSPS) is 15.7. The monoisotopic (exact) mass is 357 g/mol. The molecule has 0 saturated heterocycles. The quantitative estimate of drug-likeness (QED) is 0.489. The van der Waals surface area contributed by atoms with Gasteiger partial charge in [-0.05, 0) is 24.6 Å². The van der Waals surface area contributed by atoms with E-state index in [4.69, 9.17) is 9.47 Å². The summed E-state index contributed by atoms with van der Waals surface area (Å²) < 4.78 is 11.0. The first-order chi connectivity index (χ1) is 12.5. The van der Waals surface area contributed by atoms with Crippen molar-refractivity contribution in [3.8, 4) is 17.2 Å². The van der Waals surface area contributed by atoms with Crippen molar-refractivity contribution in [2.75, 3.05) is 6.61 Å². The van der Waals surface area contributed by atoms with Crippen LogP contribution in [0.1, 0.15) is 11.1 Å². The first-order valence-corrected chi connectivity index (χ1v) is 7.65. The van der Waals surface area contributed by atoms with Gasteiger partial charge in [0.05, 0.1) is 11.1 Å². The molecule has 1 amide bonds. The van der Waals surface area contributed by atoms with Gasteiger partial charge in [-0.15, -0.1) is 0 Å². The van der Waals surface area contributed by atoms with Crippen LogP contribution in [0.2, 0.25) is 0 Å². The lowest BCUT2D eigenvalue weighted by Gasteiger charge is -2.24. The van der Waals surface area contributed by atoms with Crippen LogP contribution in [0.25, 0.3) is 0 Å². The SMILES string of the molecule is Cc1cc([N+](=O)[O-])cc(/C=N/NC(=O)[C@H]2COc3ccccc3O2)c1O. The van der Waals surface area contributed by atoms with E-state index in [0.29, 0.717) is 17.1 Å².